The second-order valence-corrected chi connectivity index (χ2v) is 4.68. The molecule has 0 aliphatic rings. The summed E-state index contributed by atoms with van der Waals surface area (Å²) in [7, 11) is 0. The molecule has 0 fully saturated rings. The number of carboxylic acid groups (broad SMARTS) is 1. The number of carboxylic acids is 1. The van der Waals surface area contributed by atoms with Gasteiger partial charge in [0, 0.05) is 5.69 Å². The van der Waals surface area contributed by atoms with Crippen LogP contribution in [0.5, 0.6) is 0 Å². The van der Waals surface area contributed by atoms with Crippen molar-refractivity contribution in [1.29, 1.82) is 0 Å². The van der Waals surface area contributed by atoms with Gasteiger partial charge in [0.15, 0.2) is 5.41 Å². The van der Waals surface area contributed by atoms with Crippen LogP contribution in [0.2, 0.25) is 0 Å². The van der Waals surface area contributed by atoms with E-state index < -0.39 is 17.4 Å². The van der Waals surface area contributed by atoms with Crippen LogP contribution in [-0.2, 0) is 19.7 Å². The molecule has 0 aromatic heterocycles. The first kappa shape index (κ1) is 15.0. The fourth-order valence-electron chi connectivity index (χ4n) is 1.53. The summed E-state index contributed by atoms with van der Waals surface area (Å²) in [5.74, 6) is -2.01. The third kappa shape index (κ3) is 3.05. The highest BCUT2D eigenvalue weighted by Crippen LogP contribution is 2.27. The predicted molar refractivity (Wildman–Crippen MR) is 71.7 cm³/mol. The standard InChI is InChI=1S/C14H19NO4/c1-4-9(2)19-13(18)14(3,12(16)17)10-5-7-11(15)8-6-10/h5-9H,4,15H2,1-3H3,(H,16,17). The van der Waals surface area contributed by atoms with Crippen molar-refractivity contribution < 1.29 is 19.4 Å². The molecular formula is C14H19NO4. The smallest absolute Gasteiger partial charge is 0.328 e. The zero-order valence-electron chi connectivity index (χ0n) is 11.3. The first-order valence-electron chi connectivity index (χ1n) is 6.12. The van der Waals surface area contributed by atoms with E-state index in [0.717, 1.165) is 0 Å². The average molecular weight is 265 g/mol. The number of hydrogen-bond donors (Lipinski definition) is 2. The summed E-state index contributed by atoms with van der Waals surface area (Å²) in [4.78, 5) is 23.6. The minimum atomic E-state index is -1.73. The number of benzene rings is 1. The summed E-state index contributed by atoms with van der Waals surface area (Å²) >= 11 is 0. The summed E-state index contributed by atoms with van der Waals surface area (Å²) in [5, 5.41) is 9.38. The molecule has 0 amide bonds. The maximum Gasteiger partial charge on any atom is 0.328 e. The lowest BCUT2D eigenvalue weighted by Crippen LogP contribution is -2.43. The van der Waals surface area contributed by atoms with Crippen LogP contribution in [0, 0.1) is 0 Å². The maximum atomic E-state index is 12.1. The number of aliphatic carboxylic acids is 1. The number of hydrogen-bond acceptors (Lipinski definition) is 4. The molecular weight excluding hydrogens is 246 g/mol. The number of esters is 1. The molecule has 0 heterocycles. The van der Waals surface area contributed by atoms with Gasteiger partial charge in [-0.3, -0.25) is 9.59 Å². The number of nitrogen functional groups attached to an aromatic ring is 1. The topological polar surface area (TPSA) is 89.6 Å². The van der Waals surface area contributed by atoms with Crippen molar-refractivity contribution >= 4 is 17.6 Å². The molecule has 1 rings (SSSR count). The van der Waals surface area contributed by atoms with Crippen LogP contribution >= 0.6 is 0 Å². The minimum Gasteiger partial charge on any atom is -0.480 e. The zero-order valence-corrected chi connectivity index (χ0v) is 11.3. The van der Waals surface area contributed by atoms with Crippen molar-refractivity contribution in [3.8, 4) is 0 Å². The summed E-state index contributed by atoms with van der Waals surface area (Å²) in [6.07, 6.45) is 0.309. The Morgan fingerprint density at radius 3 is 2.32 bits per heavy atom. The summed E-state index contributed by atoms with van der Waals surface area (Å²) in [5.41, 5.74) is 4.69. The normalized spacial score (nSPS) is 15.3. The monoisotopic (exact) mass is 265 g/mol. The van der Waals surface area contributed by atoms with E-state index in [2.05, 4.69) is 0 Å². The lowest BCUT2D eigenvalue weighted by atomic mass is 9.82. The van der Waals surface area contributed by atoms with Gasteiger partial charge in [-0.25, -0.2) is 0 Å². The van der Waals surface area contributed by atoms with Crippen molar-refractivity contribution in [2.24, 2.45) is 0 Å². The highest BCUT2D eigenvalue weighted by atomic mass is 16.5. The van der Waals surface area contributed by atoms with E-state index in [1.165, 1.54) is 19.1 Å². The molecule has 0 saturated carbocycles. The van der Waals surface area contributed by atoms with Gasteiger partial charge in [0.1, 0.15) is 0 Å². The first-order chi connectivity index (χ1) is 8.82. The third-order valence-corrected chi connectivity index (χ3v) is 3.21. The average Bonchev–Trinajstić information content (AvgIpc) is 2.38. The Morgan fingerprint density at radius 1 is 1.37 bits per heavy atom. The highest BCUT2D eigenvalue weighted by molar-refractivity contribution is 6.05. The minimum absolute atomic E-state index is 0.319. The van der Waals surface area contributed by atoms with Gasteiger partial charge < -0.3 is 15.6 Å². The van der Waals surface area contributed by atoms with Gasteiger partial charge in [-0.05, 0) is 38.0 Å². The molecule has 2 unspecified atom stereocenters. The Kier molecular flexibility index (Phi) is 4.53. The van der Waals surface area contributed by atoms with Gasteiger partial charge in [-0.15, -0.1) is 0 Å². The number of carbonyl (C=O) groups is 2. The second kappa shape index (κ2) is 5.73. The molecule has 2 atom stereocenters. The number of carbonyl (C=O) groups excluding carboxylic acids is 1. The van der Waals surface area contributed by atoms with Crippen LogP contribution in [0.4, 0.5) is 5.69 Å². The quantitative estimate of drug-likeness (QED) is 0.482. The molecule has 5 nitrogen and oxygen atoms in total. The number of nitrogens with two attached hydrogens (primary N) is 1. The van der Waals surface area contributed by atoms with Crippen LogP contribution in [0.1, 0.15) is 32.8 Å². The summed E-state index contributed by atoms with van der Waals surface area (Å²) < 4.78 is 5.16. The lowest BCUT2D eigenvalue weighted by Gasteiger charge is -2.25. The Morgan fingerprint density at radius 2 is 1.89 bits per heavy atom. The third-order valence-electron chi connectivity index (χ3n) is 3.21. The van der Waals surface area contributed by atoms with Gasteiger partial charge >= 0.3 is 11.9 Å². The molecule has 0 saturated heterocycles. The molecule has 104 valence electrons. The fourth-order valence-corrected chi connectivity index (χ4v) is 1.53. The number of anilines is 1. The van der Waals surface area contributed by atoms with Crippen LogP contribution < -0.4 is 5.73 Å². The maximum absolute atomic E-state index is 12.1. The van der Waals surface area contributed by atoms with E-state index in [4.69, 9.17) is 10.5 Å². The molecule has 0 bridgehead atoms. The van der Waals surface area contributed by atoms with Crippen LogP contribution in [-0.4, -0.2) is 23.1 Å². The van der Waals surface area contributed by atoms with Gasteiger partial charge in [0.05, 0.1) is 6.10 Å². The van der Waals surface area contributed by atoms with E-state index in [9.17, 15) is 14.7 Å². The van der Waals surface area contributed by atoms with Crippen molar-refractivity contribution in [3.63, 3.8) is 0 Å². The van der Waals surface area contributed by atoms with E-state index in [0.29, 0.717) is 17.7 Å². The van der Waals surface area contributed by atoms with E-state index in [-0.39, 0.29) is 6.10 Å². The summed E-state index contributed by atoms with van der Waals surface area (Å²) in [6.45, 7) is 4.92. The van der Waals surface area contributed by atoms with Crippen molar-refractivity contribution in [1.82, 2.24) is 0 Å². The first-order valence-corrected chi connectivity index (χ1v) is 6.12. The van der Waals surface area contributed by atoms with Crippen LogP contribution in [0.15, 0.2) is 24.3 Å². The van der Waals surface area contributed by atoms with Gasteiger partial charge in [-0.2, -0.15) is 0 Å². The number of ether oxygens (including phenoxy) is 1. The van der Waals surface area contributed by atoms with E-state index in [1.807, 2.05) is 6.92 Å². The Balaban J connectivity index is 3.13. The molecule has 0 spiro atoms. The van der Waals surface area contributed by atoms with E-state index in [1.54, 1.807) is 19.1 Å². The number of rotatable bonds is 5. The Bertz CT molecular complexity index is 469. The molecule has 0 aliphatic heterocycles. The fraction of sp³-hybridized carbons (Fsp3) is 0.429. The van der Waals surface area contributed by atoms with Crippen molar-refractivity contribution in [3.05, 3.63) is 29.8 Å². The Hall–Kier alpha value is -2.04. The van der Waals surface area contributed by atoms with Crippen molar-refractivity contribution in [2.75, 3.05) is 5.73 Å². The SMILES string of the molecule is CCC(C)OC(=O)C(C)(C(=O)O)c1ccc(N)cc1. The highest BCUT2D eigenvalue weighted by Gasteiger charge is 2.45. The van der Waals surface area contributed by atoms with Crippen LogP contribution in [0.25, 0.3) is 0 Å². The van der Waals surface area contributed by atoms with Crippen LogP contribution in [0.3, 0.4) is 0 Å². The second-order valence-electron chi connectivity index (χ2n) is 4.68. The van der Waals surface area contributed by atoms with E-state index >= 15 is 0 Å². The molecule has 1 aromatic carbocycles. The van der Waals surface area contributed by atoms with Gasteiger partial charge in [0.25, 0.3) is 0 Å². The lowest BCUT2D eigenvalue weighted by molar-refractivity contribution is -0.164. The molecule has 1 aromatic rings. The largest absolute Gasteiger partial charge is 0.480 e. The molecule has 19 heavy (non-hydrogen) atoms. The summed E-state index contributed by atoms with van der Waals surface area (Å²) in [6, 6.07) is 6.18. The van der Waals surface area contributed by atoms with Gasteiger partial charge in [-0.1, -0.05) is 19.1 Å². The molecule has 5 heteroatoms. The zero-order chi connectivity index (χ0) is 14.6. The molecule has 3 N–H and O–H groups in total. The molecule has 0 radical (unpaired) electrons. The Labute approximate surface area is 112 Å². The van der Waals surface area contributed by atoms with Crippen molar-refractivity contribution in [2.45, 2.75) is 38.7 Å². The molecule has 0 aliphatic carbocycles. The van der Waals surface area contributed by atoms with Gasteiger partial charge in [0.2, 0.25) is 0 Å². The predicted octanol–water partition coefficient (Wildman–Crippen LogP) is 1.95.